The highest BCUT2D eigenvalue weighted by molar-refractivity contribution is 7.90. The largest absolute Gasteiger partial charge is 0.380 e. The fourth-order valence-corrected chi connectivity index (χ4v) is 7.19. The first kappa shape index (κ1) is 26.2. The molecule has 0 atom stereocenters. The first-order valence-electron chi connectivity index (χ1n) is 13.3. The van der Waals surface area contributed by atoms with Gasteiger partial charge >= 0.3 is 0 Å². The molecule has 8 nitrogen and oxygen atoms in total. The number of hydrogen-bond donors (Lipinski definition) is 2. The van der Waals surface area contributed by atoms with Crippen molar-refractivity contribution < 1.29 is 8.42 Å². The SMILES string of the molecule is C#Cc1cc(=O)n(C2CCCC2)c2nc(Nc3cccc(NC4(C)CCC(CS(C)(=O)=O)CC4)c3)ncc12. The lowest BCUT2D eigenvalue weighted by Crippen LogP contribution is -2.39. The molecule has 9 heteroatoms. The molecule has 3 aromatic rings. The number of fused-ring (bicyclic) bond motifs is 1. The summed E-state index contributed by atoms with van der Waals surface area (Å²) in [7, 11) is -2.95. The van der Waals surface area contributed by atoms with E-state index in [1.807, 2.05) is 24.3 Å². The number of aromatic nitrogens is 3. The highest BCUT2D eigenvalue weighted by atomic mass is 32.2. The fraction of sp³-hybridized carbons (Fsp3) is 0.483. The van der Waals surface area contributed by atoms with Gasteiger partial charge in [0.15, 0.2) is 0 Å². The smallest absolute Gasteiger partial charge is 0.253 e. The maximum Gasteiger partial charge on any atom is 0.253 e. The molecule has 0 bridgehead atoms. The standard InChI is InChI=1S/C29H35N5O3S/c1-4-21-16-26(35)34(24-10-5-6-11-24)27-25(21)18-30-28(32-27)31-22-8-7-9-23(17-22)33-29(2)14-12-20(13-15-29)19-38(3,36)37/h1,7-9,16-18,20,24,33H,5-6,10-15,19H2,2-3H3,(H,30,31,32). The fourth-order valence-electron chi connectivity index (χ4n) is 6.00. The van der Waals surface area contributed by atoms with Gasteiger partial charge in [0.2, 0.25) is 5.95 Å². The van der Waals surface area contributed by atoms with Crippen molar-refractivity contribution in [1.29, 1.82) is 0 Å². The summed E-state index contributed by atoms with van der Waals surface area (Å²) >= 11 is 0. The maximum atomic E-state index is 13.0. The normalized spacial score (nSPS) is 22.3. The van der Waals surface area contributed by atoms with Crippen LogP contribution in [0.3, 0.4) is 0 Å². The molecule has 38 heavy (non-hydrogen) atoms. The molecular formula is C29H35N5O3S. The van der Waals surface area contributed by atoms with Gasteiger partial charge in [0.05, 0.1) is 11.1 Å². The van der Waals surface area contributed by atoms with Crippen LogP contribution >= 0.6 is 0 Å². The zero-order valence-electron chi connectivity index (χ0n) is 22.0. The topological polar surface area (TPSA) is 106 Å². The first-order chi connectivity index (χ1) is 18.1. The molecule has 2 fully saturated rings. The number of terminal acetylenes is 1. The second kappa shape index (κ2) is 10.4. The number of nitrogens with zero attached hydrogens (tertiary/aromatic N) is 3. The van der Waals surface area contributed by atoms with Crippen molar-refractivity contribution in [3.63, 3.8) is 0 Å². The van der Waals surface area contributed by atoms with E-state index in [0.29, 0.717) is 22.5 Å². The lowest BCUT2D eigenvalue weighted by atomic mass is 9.78. The second-order valence-electron chi connectivity index (χ2n) is 11.2. The van der Waals surface area contributed by atoms with Crippen LogP contribution in [-0.4, -0.2) is 40.5 Å². The third-order valence-corrected chi connectivity index (χ3v) is 9.03. The Bertz CT molecular complexity index is 1540. The number of rotatable bonds is 7. The third kappa shape index (κ3) is 5.86. The summed E-state index contributed by atoms with van der Waals surface area (Å²) in [6.07, 6.45) is 16.4. The van der Waals surface area contributed by atoms with Crippen LogP contribution in [0.15, 0.2) is 41.3 Å². The summed E-state index contributed by atoms with van der Waals surface area (Å²) < 4.78 is 25.2. The molecule has 2 saturated carbocycles. The van der Waals surface area contributed by atoms with Gasteiger partial charge in [0.1, 0.15) is 15.5 Å². The quantitative estimate of drug-likeness (QED) is 0.410. The molecule has 2 N–H and O–H groups in total. The Labute approximate surface area is 224 Å². The molecule has 2 aromatic heterocycles. The van der Waals surface area contributed by atoms with Crippen LogP contribution in [-0.2, 0) is 9.84 Å². The van der Waals surface area contributed by atoms with Crippen LogP contribution in [0, 0.1) is 18.3 Å². The summed E-state index contributed by atoms with van der Waals surface area (Å²) in [5.74, 6) is 3.51. The average Bonchev–Trinajstić information content (AvgIpc) is 3.39. The Morgan fingerprint density at radius 3 is 2.53 bits per heavy atom. The molecule has 5 rings (SSSR count). The van der Waals surface area contributed by atoms with Crippen LogP contribution < -0.4 is 16.2 Å². The van der Waals surface area contributed by atoms with E-state index in [-0.39, 0.29) is 28.8 Å². The van der Waals surface area contributed by atoms with E-state index < -0.39 is 9.84 Å². The number of benzene rings is 1. The van der Waals surface area contributed by atoms with E-state index in [1.165, 1.54) is 12.3 Å². The highest BCUT2D eigenvalue weighted by Crippen LogP contribution is 2.36. The van der Waals surface area contributed by atoms with E-state index >= 15 is 0 Å². The van der Waals surface area contributed by atoms with Crippen molar-refractivity contribution in [1.82, 2.24) is 14.5 Å². The number of pyridine rings is 1. The summed E-state index contributed by atoms with van der Waals surface area (Å²) in [6.45, 7) is 2.20. The summed E-state index contributed by atoms with van der Waals surface area (Å²) in [4.78, 5) is 22.2. The lowest BCUT2D eigenvalue weighted by Gasteiger charge is -2.38. The Hall–Kier alpha value is -3.38. The van der Waals surface area contributed by atoms with Crippen LogP contribution in [0.4, 0.5) is 17.3 Å². The number of anilines is 3. The molecule has 0 aliphatic heterocycles. The van der Waals surface area contributed by atoms with Gasteiger partial charge < -0.3 is 10.6 Å². The van der Waals surface area contributed by atoms with Crippen molar-refractivity contribution in [3.05, 3.63) is 52.4 Å². The summed E-state index contributed by atoms with van der Waals surface area (Å²) in [5, 5.41) is 7.67. The Morgan fingerprint density at radius 2 is 1.84 bits per heavy atom. The van der Waals surface area contributed by atoms with Crippen molar-refractivity contribution >= 4 is 38.2 Å². The van der Waals surface area contributed by atoms with Gasteiger partial charge in [-0.2, -0.15) is 4.98 Å². The van der Waals surface area contributed by atoms with Gasteiger partial charge in [-0.15, -0.1) is 6.42 Å². The molecule has 200 valence electrons. The second-order valence-corrected chi connectivity index (χ2v) is 13.4. The molecule has 0 radical (unpaired) electrons. The Morgan fingerprint density at radius 1 is 1.13 bits per heavy atom. The predicted molar refractivity (Wildman–Crippen MR) is 153 cm³/mol. The van der Waals surface area contributed by atoms with E-state index in [2.05, 4.69) is 28.5 Å². The maximum absolute atomic E-state index is 13.0. The average molecular weight is 534 g/mol. The van der Waals surface area contributed by atoms with Crippen molar-refractivity contribution in [2.45, 2.75) is 69.9 Å². The zero-order valence-corrected chi connectivity index (χ0v) is 22.9. The number of hydrogen-bond acceptors (Lipinski definition) is 7. The van der Waals surface area contributed by atoms with Crippen molar-refractivity contribution in [3.8, 4) is 12.3 Å². The lowest BCUT2D eigenvalue weighted by molar-refractivity contribution is 0.285. The number of sulfone groups is 1. The third-order valence-electron chi connectivity index (χ3n) is 7.95. The van der Waals surface area contributed by atoms with Crippen LogP contribution in [0.1, 0.15) is 69.9 Å². The van der Waals surface area contributed by atoms with E-state index in [0.717, 1.165) is 62.7 Å². The molecule has 0 amide bonds. The van der Waals surface area contributed by atoms with Crippen molar-refractivity contribution in [2.75, 3.05) is 22.6 Å². The Kier molecular flexibility index (Phi) is 7.19. The molecule has 0 saturated heterocycles. The van der Waals surface area contributed by atoms with Crippen LogP contribution in [0.25, 0.3) is 11.0 Å². The van der Waals surface area contributed by atoms with Crippen LogP contribution in [0.2, 0.25) is 0 Å². The van der Waals surface area contributed by atoms with Crippen molar-refractivity contribution in [2.24, 2.45) is 5.92 Å². The Balaban J connectivity index is 1.36. The van der Waals surface area contributed by atoms with Gasteiger partial charge in [0.25, 0.3) is 5.56 Å². The first-order valence-corrected chi connectivity index (χ1v) is 15.4. The number of nitrogens with one attached hydrogen (secondary N) is 2. The highest BCUT2D eigenvalue weighted by Gasteiger charge is 2.32. The van der Waals surface area contributed by atoms with E-state index in [9.17, 15) is 13.2 Å². The van der Waals surface area contributed by atoms with Crippen LogP contribution in [0.5, 0.6) is 0 Å². The minimum atomic E-state index is -2.95. The van der Waals surface area contributed by atoms with Gasteiger partial charge in [-0.1, -0.05) is 24.8 Å². The monoisotopic (exact) mass is 533 g/mol. The zero-order chi connectivity index (χ0) is 26.9. The summed E-state index contributed by atoms with van der Waals surface area (Å²) in [5.41, 5.74) is 2.66. The minimum Gasteiger partial charge on any atom is -0.380 e. The molecular weight excluding hydrogens is 498 g/mol. The van der Waals surface area contributed by atoms with Gasteiger partial charge in [-0.3, -0.25) is 9.36 Å². The van der Waals surface area contributed by atoms with E-state index in [1.54, 1.807) is 10.8 Å². The molecule has 0 spiro atoms. The predicted octanol–water partition coefficient (Wildman–Crippen LogP) is 5.04. The van der Waals surface area contributed by atoms with E-state index in [4.69, 9.17) is 11.4 Å². The molecule has 2 aliphatic carbocycles. The molecule has 2 aliphatic rings. The van der Waals surface area contributed by atoms with Gasteiger partial charge in [-0.25, -0.2) is 13.4 Å². The summed E-state index contributed by atoms with van der Waals surface area (Å²) in [6, 6.07) is 9.60. The molecule has 1 aromatic carbocycles. The minimum absolute atomic E-state index is 0.102. The molecule has 0 unspecified atom stereocenters. The van der Waals surface area contributed by atoms with Gasteiger partial charge in [-0.05, 0) is 69.6 Å². The molecule has 2 heterocycles. The van der Waals surface area contributed by atoms with Gasteiger partial charge in [0, 0.05) is 47.0 Å².